The summed E-state index contributed by atoms with van der Waals surface area (Å²) in [6.07, 6.45) is 3.99. The van der Waals surface area contributed by atoms with Crippen LogP contribution in [0.4, 0.5) is 0 Å². The third kappa shape index (κ3) is 0.886. The van der Waals surface area contributed by atoms with Crippen molar-refractivity contribution in [3.63, 3.8) is 0 Å². The van der Waals surface area contributed by atoms with Gasteiger partial charge in [-0.25, -0.2) is 0 Å². The van der Waals surface area contributed by atoms with Crippen LogP contribution in [0.25, 0.3) is 0 Å². The molecule has 0 N–H and O–H groups in total. The molecule has 0 amide bonds. The highest BCUT2D eigenvalue weighted by Gasteiger charge is 1.97. The van der Waals surface area contributed by atoms with Crippen molar-refractivity contribution in [2.24, 2.45) is 4.99 Å². The molecule has 0 aliphatic carbocycles. The van der Waals surface area contributed by atoms with Crippen LogP contribution in [-0.2, 0) is 0 Å². The van der Waals surface area contributed by atoms with E-state index < -0.39 is 0 Å². The van der Waals surface area contributed by atoms with E-state index in [9.17, 15) is 0 Å². The van der Waals surface area contributed by atoms with Gasteiger partial charge in [0.2, 0.25) is 0 Å². The highest BCUT2D eigenvalue weighted by atomic mass is 15.1. The van der Waals surface area contributed by atoms with Gasteiger partial charge >= 0.3 is 0 Å². The van der Waals surface area contributed by atoms with E-state index in [1.807, 2.05) is 20.3 Å². The minimum atomic E-state index is 0.855. The molecule has 0 aromatic rings. The van der Waals surface area contributed by atoms with Crippen molar-refractivity contribution in [3.05, 3.63) is 11.8 Å². The second-order valence-corrected chi connectivity index (χ2v) is 2.02. The van der Waals surface area contributed by atoms with Crippen LogP contribution in [0.5, 0.6) is 0 Å². The first-order chi connectivity index (χ1) is 3.80. The van der Waals surface area contributed by atoms with Gasteiger partial charge in [-0.2, -0.15) is 0 Å². The lowest BCUT2D eigenvalue weighted by molar-refractivity contribution is 0.543. The van der Waals surface area contributed by atoms with Gasteiger partial charge in [0.15, 0.2) is 0 Å². The zero-order chi connectivity index (χ0) is 5.98. The summed E-state index contributed by atoms with van der Waals surface area (Å²) in [7, 11) is 4.03. The maximum Gasteiger partial charge on any atom is 0.0594 e. The molecule has 0 bridgehead atoms. The molecule has 0 radical (unpaired) electrons. The largest absolute Gasteiger partial charge is 0.377 e. The highest BCUT2D eigenvalue weighted by Crippen LogP contribution is 1.99. The fraction of sp³-hybridized carbons (Fsp3) is 0.500. The smallest absolute Gasteiger partial charge is 0.0594 e. The molecule has 0 saturated carbocycles. The summed E-state index contributed by atoms with van der Waals surface area (Å²) in [5.41, 5.74) is 1.21. The van der Waals surface area contributed by atoms with Crippen molar-refractivity contribution in [1.82, 2.24) is 4.90 Å². The molecule has 0 fully saturated rings. The lowest BCUT2D eigenvalue weighted by Gasteiger charge is -2.08. The molecular weight excluding hydrogens is 100 g/mol. The van der Waals surface area contributed by atoms with Crippen molar-refractivity contribution in [1.29, 1.82) is 0 Å². The van der Waals surface area contributed by atoms with Gasteiger partial charge in [0, 0.05) is 20.3 Å². The van der Waals surface area contributed by atoms with E-state index in [1.54, 1.807) is 0 Å². The molecule has 2 heteroatoms. The van der Waals surface area contributed by atoms with Gasteiger partial charge in [-0.3, -0.25) is 4.99 Å². The Labute approximate surface area is 49.5 Å². The number of hydrogen-bond acceptors (Lipinski definition) is 2. The molecule has 2 nitrogen and oxygen atoms in total. The quantitative estimate of drug-likeness (QED) is 0.480. The summed E-state index contributed by atoms with van der Waals surface area (Å²) in [6, 6.07) is 0. The molecule has 1 aliphatic rings. The van der Waals surface area contributed by atoms with Crippen LogP contribution < -0.4 is 0 Å². The summed E-state index contributed by atoms with van der Waals surface area (Å²) in [5, 5.41) is 0. The van der Waals surface area contributed by atoms with Gasteiger partial charge < -0.3 is 4.90 Å². The van der Waals surface area contributed by atoms with Crippen LogP contribution in [-0.4, -0.2) is 31.8 Å². The topological polar surface area (TPSA) is 15.6 Å². The molecule has 0 atom stereocenters. The Morgan fingerprint density at radius 1 is 1.62 bits per heavy atom. The molecule has 1 aliphatic heterocycles. The Morgan fingerprint density at radius 2 is 2.38 bits per heavy atom. The van der Waals surface area contributed by atoms with E-state index in [0.717, 1.165) is 6.54 Å². The van der Waals surface area contributed by atoms with E-state index in [0.29, 0.717) is 0 Å². The van der Waals surface area contributed by atoms with Gasteiger partial charge in [0.1, 0.15) is 0 Å². The fourth-order valence-electron chi connectivity index (χ4n) is 0.643. The van der Waals surface area contributed by atoms with Crippen LogP contribution in [0.3, 0.4) is 0 Å². The Hall–Kier alpha value is -0.790. The first-order valence-electron chi connectivity index (χ1n) is 2.68. The van der Waals surface area contributed by atoms with E-state index in [-0.39, 0.29) is 0 Å². The molecular formula is C6H10N2. The molecule has 1 heterocycles. The second-order valence-electron chi connectivity index (χ2n) is 2.02. The summed E-state index contributed by atoms with van der Waals surface area (Å²) >= 11 is 0. The van der Waals surface area contributed by atoms with Crippen LogP contribution in [0.15, 0.2) is 16.8 Å². The minimum Gasteiger partial charge on any atom is -0.377 e. The number of allylic oxidation sites excluding steroid dienone is 1. The molecule has 44 valence electrons. The molecule has 0 unspecified atom stereocenters. The van der Waals surface area contributed by atoms with Crippen LogP contribution >= 0.6 is 0 Å². The highest BCUT2D eigenvalue weighted by molar-refractivity contribution is 5.79. The Kier molecular flexibility index (Phi) is 1.33. The van der Waals surface area contributed by atoms with Gasteiger partial charge in [-0.1, -0.05) is 0 Å². The van der Waals surface area contributed by atoms with Crippen molar-refractivity contribution < 1.29 is 0 Å². The zero-order valence-corrected chi connectivity index (χ0v) is 5.26. The number of hydrogen-bond donors (Lipinski definition) is 0. The summed E-state index contributed by atoms with van der Waals surface area (Å²) in [4.78, 5) is 6.08. The third-order valence-electron chi connectivity index (χ3n) is 1.15. The van der Waals surface area contributed by atoms with Crippen molar-refractivity contribution in [2.75, 3.05) is 20.6 Å². The van der Waals surface area contributed by atoms with E-state index in [1.165, 1.54) is 5.70 Å². The summed E-state index contributed by atoms with van der Waals surface area (Å²) < 4.78 is 0. The molecule has 0 saturated heterocycles. The number of nitrogens with zero attached hydrogens (tertiary/aromatic N) is 2. The average molecular weight is 110 g/mol. The molecule has 1 rings (SSSR count). The number of rotatable bonds is 1. The van der Waals surface area contributed by atoms with Gasteiger partial charge in [-0.05, 0) is 6.08 Å². The summed E-state index contributed by atoms with van der Waals surface area (Å²) in [5.74, 6) is 0. The number of aliphatic imine (C=N–C) groups is 1. The Bertz CT molecular complexity index is 133. The maximum absolute atomic E-state index is 4.03. The van der Waals surface area contributed by atoms with Gasteiger partial charge in [-0.15, -0.1) is 0 Å². The SMILES string of the molecule is CN(C)C1=CCN=C1. The standard InChI is InChI=1S/C6H10N2/c1-8(2)6-3-4-7-5-6/h3,5H,4H2,1-2H3. The van der Waals surface area contributed by atoms with E-state index in [2.05, 4.69) is 16.0 Å². The Morgan fingerprint density at radius 3 is 2.62 bits per heavy atom. The van der Waals surface area contributed by atoms with Gasteiger partial charge in [0.25, 0.3) is 0 Å². The molecule has 0 aromatic carbocycles. The van der Waals surface area contributed by atoms with Crippen molar-refractivity contribution in [2.45, 2.75) is 0 Å². The normalized spacial score (nSPS) is 16.5. The first-order valence-corrected chi connectivity index (χ1v) is 2.68. The first kappa shape index (κ1) is 5.35. The fourth-order valence-corrected chi connectivity index (χ4v) is 0.643. The lowest BCUT2D eigenvalue weighted by atomic mass is 10.4. The van der Waals surface area contributed by atoms with Crippen molar-refractivity contribution in [3.8, 4) is 0 Å². The zero-order valence-electron chi connectivity index (χ0n) is 5.26. The second kappa shape index (κ2) is 1.99. The van der Waals surface area contributed by atoms with Crippen LogP contribution in [0.1, 0.15) is 0 Å². The minimum absolute atomic E-state index is 0.855. The molecule has 0 spiro atoms. The summed E-state index contributed by atoms with van der Waals surface area (Å²) in [6.45, 7) is 0.855. The predicted molar refractivity (Wildman–Crippen MR) is 35.1 cm³/mol. The third-order valence-corrected chi connectivity index (χ3v) is 1.15. The Balaban J connectivity index is 2.58. The van der Waals surface area contributed by atoms with Crippen molar-refractivity contribution >= 4 is 6.21 Å². The molecule has 8 heavy (non-hydrogen) atoms. The predicted octanol–water partition coefficient (Wildman–Crippen LogP) is 0.516. The average Bonchev–Trinajstić information content (AvgIpc) is 2.12. The van der Waals surface area contributed by atoms with Crippen LogP contribution in [0.2, 0.25) is 0 Å². The molecule has 0 aromatic heterocycles. The van der Waals surface area contributed by atoms with E-state index in [4.69, 9.17) is 0 Å². The maximum atomic E-state index is 4.03. The van der Waals surface area contributed by atoms with Gasteiger partial charge in [0.05, 0.1) is 12.2 Å². The van der Waals surface area contributed by atoms with Crippen LogP contribution in [0, 0.1) is 0 Å². The van der Waals surface area contributed by atoms with E-state index >= 15 is 0 Å². The monoisotopic (exact) mass is 110 g/mol. The lowest BCUT2D eigenvalue weighted by Crippen LogP contribution is -2.09.